The summed E-state index contributed by atoms with van der Waals surface area (Å²) in [5.74, 6) is 0.242. The Hall–Kier alpha value is -2.06. The van der Waals surface area contributed by atoms with E-state index in [-0.39, 0.29) is 5.92 Å². The van der Waals surface area contributed by atoms with Crippen LogP contribution in [0.25, 0.3) is 10.9 Å². The van der Waals surface area contributed by atoms with Gasteiger partial charge in [0.05, 0.1) is 0 Å². The van der Waals surface area contributed by atoms with Crippen LogP contribution in [0.3, 0.4) is 0 Å². The first-order valence-electron chi connectivity index (χ1n) is 7.04. The predicted octanol–water partition coefficient (Wildman–Crippen LogP) is 3.88. The lowest BCUT2D eigenvalue weighted by Gasteiger charge is -2.16. The molecule has 0 unspecified atom stereocenters. The number of hydrogen-bond acceptors (Lipinski definition) is 1. The second-order valence-electron chi connectivity index (χ2n) is 5.41. The van der Waals surface area contributed by atoms with E-state index < -0.39 is 0 Å². The normalized spacial score (nSPS) is 12.8. The summed E-state index contributed by atoms with van der Waals surface area (Å²) >= 11 is 0. The molecule has 0 amide bonds. The van der Waals surface area contributed by atoms with Crippen LogP contribution in [0.1, 0.15) is 28.3 Å². The number of benzene rings is 2. The Balaban J connectivity index is 2.16. The third-order valence-electron chi connectivity index (χ3n) is 4.01. The topological polar surface area (TPSA) is 41.8 Å². The molecule has 2 heteroatoms. The minimum atomic E-state index is 0.242. The molecule has 0 aliphatic rings. The van der Waals surface area contributed by atoms with Gasteiger partial charge in [-0.25, -0.2) is 0 Å². The summed E-state index contributed by atoms with van der Waals surface area (Å²) in [6.07, 6.45) is 0. The number of aromatic nitrogens is 1. The van der Waals surface area contributed by atoms with Crippen LogP contribution in [0.4, 0.5) is 0 Å². The number of nitrogens with one attached hydrogen (secondary N) is 1. The number of H-pyrrole nitrogens is 1. The van der Waals surface area contributed by atoms with Crippen LogP contribution in [-0.2, 0) is 0 Å². The van der Waals surface area contributed by atoms with Crippen LogP contribution in [0, 0.1) is 13.8 Å². The smallest absolute Gasteiger partial charge is 0.0459 e. The fraction of sp³-hybridized carbons (Fsp3) is 0.222. The number of aryl methyl sites for hydroxylation is 2. The van der Waals surface area contributed by atoms with Crippen LogP contribution in [0.15, 0.2) is 48.5 Å². The molecule has 1 atom stereocenters. The quantitative estimate of drug-likeness (QED) is 0.740. The molecule has 20 heavy (non-hydrogen) atoms. The molecule has 2 aromatic carbocycles. The monoisotopic (exact) mass is 264 g/mol. The molecular formula is C18H20N2. The molecule has 1 heterocycles. The number of para-hydroxylation sites is 1. The molecule has 1 aromatic heterocycles. The summed E-state index contributed by atoms with van der Waals surface area (Å²) in [5.41, 5.74) is 12.4. The Kier molecular flexibility index (Phi) is 3.33. The van der Waals surface area contributed by atoms with E-state index in [1.165, 1.54) is 33.3 Å². The second kappa shape index (κ2) is 5.14. The molecule has 102 valence electrons. The summed E-state index contributed by atoms with van der Waals surface area (Å²) < 4.78 is 0. The van der Waals surface area contributed by atoms with Crippen molar-refractivity contribution < 1.29 is 0 Å². The number of hydrogen-bond donors (Lipinski definition) is 2. The van der Waals surface area contributed by atoms with Crippen molar-refractivity contribution in [2.75, 3.05) is 6.54 Å². The molecule has 0 aliphatic heterocycles. The molecule has 0 radical (unpaired) electrons. The minimum Gasteiger partial charge on any atom is -0.358 e. The summed E-state index contributed by atoms with van der Waals surface area (Å²) in [4.78, 5) is 3.47. The van der Waals surface area contributed by atoms with Gasteiger partial charge in [0.2, 0.25) is 0 Å². The number of rotatable bonds is 3. The van der Waals surface area contributed by atoms with Crippen molar-refractivity contribution in [3.05, 3.63) is 70.9 Å². The first-order chi connectivity index (χ1) is 9.70. The Morgan fingerprint density at radius 3 is 2.40 bits per heavy atom. The van der Waals surface area contributed by atoms with Crippen molar-refractivity contribution >= 4 is 10.9 Å². The zero-order chi connectivity index (χ0) is 14.1. The van der Waals surface area contributed by atoms with Crippen LogP contribution in [0.5, 0.6) is 0 Å². The fourth-order valence-corrected chi connectivity index (χ4v) is 2.97. The van der Waals surface area contributed by atoms with Gasteiger partial charge in [0, 0.05) is 29.1 Å². The Morgan fingerprint density at radius 1 is 1.00 bits per heavy atom. The van der Waals surface area contributed by atoms with E-state index in [2.05, 4.69) is 67.4 Å². The van der Waals surface area contributed by atoms with Gasteiger partial charge < -0.3 is 10.7 Å². The molecule has 0 saturated heterocycles. The average Bonchev–Trinajstić information content (AvgIpc) is 2.79. The van der Waals surface area contributed by atoms with Gasteiger partial charge in [-0.1, -0.05) is 48.0 Å². The van der Waals surface area contributed by atoms with Crippen LogP contribution in [0.2, 0.25) is 0 Å². The van der Waals surface area contributed by atoms with Gasteiger partial charge in [0.25, 0.3) is 0 Å². The first-order valence-corrected chi connectivity index (χ1v) is 7.04. The van der Waals surface area contributed by atoms with Crippen LogP contribution < -0.4 is 5.73 Å². The van der Waals surface area contributed by atoms with Crippen molar-refractivity contribution in [1.82, 2.24) is 4.98 Å². The third kappa shape index (κ3) is 2.12. The van der Waals surface area contributed by atoms with E-state index >= 15 is 0 Å². The van der Waals surface area contributed by atoms with Crippen molar-refractivity contribution in [3.8, 4) is 0 Å². The highest BCUT2D eigenvalue weighted by Gasteiger charge is 2.19. The predicted molar refractivity (Wildman–Crippen MR) is 85.1 cm³/mol. The molecule has 0 bridgehead atoms. The lowest BCUT2D eigenvalue weighted by Crippen LogP contribution is -2.14. The molecule has 0 fully saturated rings. The minimum absolute atomic E-state index is 0.242. The average molecular weight is 264 g/mol. The van der Waals surface area contributed by atoms with E-state index in [1.54, 1.807) is 0 Å². The number of fused-ring (bicyclic) bond motifs is 1. The van der Waals surface area contributed by atoms with Gasteiger partial charge in [-0.2, -0.15) is 0 Å². The van der Waals surface area contributed by atoms with Crippen molar-refractivity contribution in [2.24, 2.45) is 5.73 Å². The van der Waals surface area contributed by atoms with Crippen LogP contribution >= 0.6 is 0 Å². The maximum atomic E-state index is 6.08. The maximum Gasteiger partial charge on any atom is 0.0459 e. The molecule has 0 spiro atoms. The number of nitrogens with two attached hydrogens (primary N) is 1. The van der Waals surface area contributed by atoms with E-state index in [9.17, 15) is 0 Å². The summed E-state index contributed by atoms with van der Waals surface area (Å²) in [6, 6.07) is 17.1. The maximum absolute atomic E-state index is 6.08. The van der Waals surface area contributed by atoms with E-state index in [4.69, 9.17) is 5.73 Å². The van der Waals surface area contributed by atoms with E-state index in [1.807, 2.05) is 0 Å². The largest absolute Gasteiger partial charge is 0.358 e. The summed E-state index contributed by atoms with van der Waals surface area (Å²) in [5, 5.41) is 1.28. The van der Waals surface area contributed by atoms with Gasteiger partial charge in [0.1, 0.15) is 0 Å². The van der Waals surface area contributed by atoms with Crippen LogP contribution in [-0.4, -0.2) is 11.5 Å². The molecule has 3 N–H and O–H groups in total. The second-order valence-corrected chi connectivity index (χ2v) is 5.41. The summed E-state index contributed by atoms with van der Waals surface area (Å²) in [7, 11) is 0. The van der Waals surface area contributed by atoms with Gasteiger partial charge in [0.15, 0.2) is 0 Å². The van der Waals surface area contributed by atoms with Gasteiger partial charge in [-0.05, 0) is 31.0 Å². The Morgan fingerprint density at radius 2 is 1.70 bits per heavy atom. The van der Waals surface area contributed by atoms with Gasteiger partial charge in [-0.3, -0.25) is 0 Å². The molecule has 2 nitrogen and oxygen atoms in total. The van der Waals surface area contributed by atoms with Gasteiger partial charge >= 0.3 is 0 Å². The van der Waals surface area contributed by atoms with E-state index in [0.717, 1.165) is 0 Å². The SMILES string of the molecule is Cc1ccc([C@H](CN)c2c(C)[nH]c3ccccc23)cc1. The molecule has 3 rings (SSSR count). The van der Waals surface area contributed by atoms with Crippen molar-refractivity contribution in [2.45, 2.75) is 19.8 Å². The Labute approximate surface area is 119 Å². The van der Waals surface area contributed by atoms with Crippen molar-refractivity contribution in [1.29, 1.82) is 0 Å². The van der Waals surface area contributed by atoms with Gasteiger partial charge in [-0.15, -0.1) is 0 Å². The zero-order valence-corrected chi connectivity index (χ0v) is 12.0. The highest BCUT2D eigenvalue weighted by atomic mass is 14.7. The van der Waals surface area contributed by atoms with E-state index in [0.29, 0.717) is 6.54 Å². The fourth-order valence-electron chi connectivity index (χ4n) is 2.97. The highest BCUT2D eigenvalue weighted by Crippen LogP contribution is 2.33. The third-order valence-corrected chi connectivity index (χ3v) is 4.01. The lowest BCUT2D eigenvalue weighted by atomic mass is 9.89. The Bertz CT molecular complexity index is 723. The standard InChI is InChI=1S/C18H20N2/c1-12-7-9-14(10-8-12)16(11-19)18-13(2)20-17-6-4-3-5-15(17)18/h3-10,16,20H,11,19H2,1-2H3/t16-/m0/s1. The zero-order valence-electron chi connectivity index (χ0n) is 12.0. The lowest BCUT2D eigenvalue weighted by molar-refractivity contribution is 0.817. The molecule has 0 saturated carbocycles. The summed E-state index contributed by atoms with van der Waals surface area (Å²) in [6.45, 7) is 4.86. The highest BCUT2D eigenvalue weighted by molar-refractivity contribution is 5.85. The first kappa shape index (κ1) is 12.9. The molecule has 3 aromatic rings. The molecule has 0 aliphatic carbocycles. The van der Waals surface area contributed by atoms with Crippen molar-refractivity contribution in [3.63, 3.8) is 0 Å². The molecular weight excluding hydrogens is 244 g/mol. The number of aromatic amines is 1.